The molecular weight excluding hydrogens is 172 g/mol. The third kappa shape index (κ3) is 1.96. The zero-order valence-corrected chi connectivity index (χ0v) is 10.4. The predicted octanol–water partition coefficient (Wildman–Crippen LogP) is 2.09. The van der Waals surface area contributed by atoms with Crippen LogP contribution < -0.4 is 5.73 Å². The first kappa shape index (κ1) is 12.0. The molecule has 84 valence electrons. The third-order valence-corrected chi connectivity index (χ3v) is 3.67. The van der Waals surface area contributed by atoms with Crippen molar-refractivity contribution in [3.63, 3.8) is 0 Å². The molecule has 1 rings (SSSR count). The molecule has 0 aromatic carbocycles. The van der Waals surface area contributed by atoms with Crippen molar-refractivity contribution in [2.24, 2.45) is 16.6 Å². The van der Waals surface area contributed by atoms with E-state index >= 15 is 0 Å². The fourth-order valence-corrected chi connectivity index (χ4v) is 3.46. The quantitative estimate of drug-likeness (QED) is 0.752. The zero-order chi connectivity index (χ0) is 11.0. The Hall–Kier alpha value is -0.0800. The molecule has 1 unspecified atom stereocenters. The molecule has 0 aromatic heterocycles. The van der Waals surface area contributed by atoms with Gasteiger partial charge in [0.1, 0.15) is 0 Å². The Bertz CT molecular complexity index is 181. The topological polar surface area (TPSA) is 29.3 Å². The summed E-state index contributed by atoms with van der Waals surface area (Å²) < 4.78 is 0. The van der Waals surface area contributed by atoms with E-state index in [0.717, 1.165) is 6.54 Å². The number of nitrogens with two attached hydrogens (primary N) is 1. The highest BCUT2D eigenvalue weighted by Gasteiger charge is 2.48. The molecule has 0 heterocycles. The SMILES string of the molecule is CN(C)C(C(C)(C)C)C1(CN)CCC1. The second-order valence-electron chi connectivity index (χ2n) is 6.15. The molecule has 0 amide bonds. The molecule has 1 saturated carbocycles. The molecule has 2 heteroatoms. The van der Waals surface area contributed by atoms with E-state index in [2.05, 4.69) is 39.8 Å². The molecule has 1 aliphatic carbocycles. The summed E-state index contributed by atoms with van der Waals surface area (Å²) in [6, 6.07) is 0.605. The fraction of sp³-hybridized carbons (Fsp3) is 1.00. The predicted molar refractivity (Wildman–Crippen MR) is 62.3 cm³/mol. The van der Waals surface area contributed by atoms with Crippen LogP contribution >= 0.6 is 0 Å². The van der Waals surface area contributed by atoms with Gasteiger partial charge in [0.25, 0.3) is 0 Å². The zero-order valence-electron chi connectivity index (χ0n) is 10.4. The van der Waals surface area contributed by atoms with Crippen molar-refractivity contribution in [3.05, 3.63) is 0 Å². The fourth-order valence-electron chi connectivity index (χ4n) is 3.46. The van der Waals surface area contributed by atoms with E-state index in [1.54, 1.807) is 0 Å². The van der Waals surface area contributed by atoms with Crippen molar-refractivity contribution in [2.45, 2.75) is 46.1 Å². The molecule has 1 atom stereocenters. The minimum atomic E-state index is 0.323. The molecule has 2 N–H and O–H groups in total. The molecule has 14 heavy (non-hydrogen) atoms. The molecule has 0 aliphatic heterocycles. The van der Waals surface area contributed by atoms with Gasteiger partial charge in [-0.3, -0.25) is 0 Å². The second kappa shape index (κ2) is 3.82. The van der Waals surface area contributed by atoms with Gasteiger partial charge in [-0.2, -0.15) is 0 Å². The van der Waals surface area contributed by atoms with E-state index in [4.69, 9.17) is 5.73 Å². The van der Waals surface area contributed by atoms with Gasteiger partial charge in [-0.25, -0.2) is 0 Å². The first-order valence-corrected chi connectivity index (χ1v) is 5.70. The molecule has 1 aliphatic rings. The van der Waals surface area contributed by atoms with Crippen molar-refractivity contribution in [3.8, 4) is 0 Å². The van der Waals surface area contributed by atoms with Gasteiger partial charge in [0, 0.05) is 6.04 Å². The van der Waals surface area contributed by atoms with Crippen LogP contribution in [0, 0.1) is 10.8 Å². The first-order valence-electron chi connectivity index (χ1n) is 5.70. The highest BCUT2D eigenvalue weighted by molar-refractivity contribution is 5.02. The van der Waals surface area contributed by atoms with Gasteiger partial charge in [0.05, 0.1) is 0 Å². The lowest BCUT2D eigenvalue weighted by Crippen LogP contribution is -2.58. The number of hydrogen-bond donors (Lipinski definition) is 1. The molecule has 2 nitrogen and oxygen atoms in total. The van der Waals surface area contributed by atoms with Crippen LogP contribution in [0.1, 0.15) is 40.0 Å². The van der Waals surface area contributed by atoms with Gasteiger partial charge < -0.3 is 10.6 Å². The van der Waals surface area contributed by atoms with Crippen LogP contribution in [0.15, 0.2) is 0 Å². The maximum absolute atomic E-state index is 5.98. The highest BCUT2D eigenvalue weighted by atomic mass is 15.1. The smallest absolute Gasteiger partial charge is 0.0206 e. The summed E-state index contributed by atoms with van der Waals surface area (Å²) in [5.74, 6) is 0. The Kier molecular flexibility index (Phi) is 3.27. The molecule has 0 spiro atoms. The standard InChI is InChI=1S/C12H26N2/c1-11(2,3)10(14(4)5)12(9-13)7-6-8-12/h10H,6-9,13H2,1-5H3. The Labute approximate surface area is 88.8 Å². The van der Waals surface area contributed by atoms with Crippen LogP contribution in [0.3, 0.4) is 0 Å². The lowest BCUT2D eigenvalue weighted by atomic mass is 9.57. The monoisotopic (exact) mass is 198 g/mol. The Morgan fingerprint density at radius 1 is 1.29 bits per heavy atom. The average Bonchev–Trinajstić information content (AvgIpc) is 1.92. The van der Waals surface area contributed by atoms with E-state index in [9.17, 15) is 0 Å². The van der Waals surface area contributed by atoms with Gasteiger partial charge in [-0.15, -0.1) is 0 Å². The maximum Gasteiger partial charge on any atom is 0.0206 e. The van der Waals surface area contributed by atoms with Crippen LogP contribution in [0.25, 0.3) is 0 Å². The number of nitrogens with zero attached hydrogens (tertiary/aromatic N) is 1. The summed E-state index contributed by atoms with van der Waals surface area (Å²) in [7, 11) is 4.37. The minimum Gasteiger partial charge on any atom is -0.330 e. The Morgan fingerprint density at radius 3 is 1.86 bits per heavy atom. The lowest BCUT2D eigenvalue weighted by Gasteiger charge is -2.55. The number of rotatable bonds is 3. The minimum absolute atomic E-state index is 0.323. The van der Waals surface area contributed by atoms with E-state index < -0.39 is 0 Å². The maximum atomic E-state index is 5.98. The van der Waals surface area contributed by atoms with E-state index in [0.29, 0.717) is 16.9 Å². The van der Waals surface area contributed by atoms with Crippen molar-refractivity contribution in [2.75, 3.05) is 20.6 Å². The number of hydrogen-bond acceptors (Lipinski definition) is 2. The Balaban J connectivity index is 2.87. The average molecular weight is 198 g/mol. The second-order valence-corrected chi connectivity index (χ2v) is 6.15. The summed E-state index contributed by atoms with van der Waals surface area (Å²) >= 11 is 0. The normalized spacial score (nSPS) is 23.4. The van der Waals surface area contributed by atoms with Gasteiger partial charge in [0.2, 0.25) is 0 Å². The van der Waals surface area contributed by atoms with Crippen molar-refractivity contribution in [1.29, 1.82) is 0 Å². The molecule has 1 fully saturated rings. The highest BCUT2D eigenvalue weighted by Crippen LogP contribution is 2.49. The summed E-state index contributed by atoms with van der Waals surface area (Å²) in [6.07, 6.45) is 3.98. The van der Waals surface area contributed by atoms with E-state index in [-0.39, 0.29) is 0 Å². The summed E-state index contributed by atoms with van der Waals surface area (Å²) in [6.45, 7) is 7.82. The molecular formula is C12H26N2. The molecule has 0 saturated heterocycles. The van der Waals surface area contributed by atoms with Crippen LogP contribution in [-0.2, 0) is 0 Å². The van der Waals surface area contributed by atoms with Gasteiger partial charge >= 0.3 is 0 Å². The van der Waals surface area contributed by atoms with Crippen molar-refractivity contribution in [1.82, 2.24) is 4.90 Å². The van der Waals surface area contributed by atoms with Crippen molar-refractivity contribution < 1.29 is 0 Å². The van der Waals surface area contributed by atoms with Gasteiger partial charge in [-0.1, -0.05) is 27.2 Å². The van der Waals surface area contributed by atoms with Gasteiger partial charge in [-0.05, 0) is 44.3 Å². The Morgan fingerprint density at radius 2 is 1.79 bits per heavy atom. The third-order valence-electron chi connectivity index (χ3n) is 3.67. The van der Waals surface area contributed by atoms with Gasteiger partial charge in [0.15, 0.2) is 0 Å². The summed E-state index contributed by atoms with van der Waals surface area (Å²) in [4.78, 5) is 2.37. The molecule has 0 aromatic rings. The first-order chi connectivity index (χ1) is 6.33. The molecule has 0 bridgehead atoms. The van der Waals surface area contributed by atoms with Crippen LogP contribution in [0.2, 0.25) is 0 Å². The summed E-state index contributed by atoms with van der Waals surface area (Å²) in [5, 5.41) is 0. The van der Waals surface area contributed by atoms with Crippen molar-refractivity contribution >= 4 is 0 Å². The van der Waals surface area contributed by atoms with Crippen LogP contribution in [-0.4, -0.2) is 31.6 Å². The van der Waals surface area contributed by atoms with E-state index in [1.165, 1.54) is 19.3 Å². The molecule has 0 radical (unpaired) electrons. The summed E-state index contributed by atoms with van der Waals surface area (Å²) in [5.41, 5.74) is 6.69. The lowest BCUT2D eigenvalue weighted by molar-refractivity contribution is -0.0310. The van der Waals surface area contributed by atoms with E-state index in [1.807, 2.05) is 0 Å². The van der Waals surface area contributed by atoms with Crippen LogP contribution in [0.5, 0.6) is 0 Å². The van der Waals surface area contributed by atoms with Crippen LogP contribution in [0.4, 0.5) is 0 Å². The largest absolute Gasteiger partial charge is 0.330 e.